The molecule has 0 heterocycles. The molecule has 3 aromatic carbocycles. The number of thioether (sulfide) groups is 1. The lowest BCUT2D eigenvalue weighted by Crippen LogP contribution is -2.24. The number of anilines is 2. The number of benzene rings is 3. The van der Waals surface area contributed by atoms with Crippen molar-refractivity contribution in [2.24, 2.45) is 5.73 Å². The molecule has 32 heavy (non-hydrogen) atoms. The van der Waals surface area contributed by atoms with E-state index >= 15 is 0 Å². The van der Waals surface area contributed by atoms with E-state index in [2.05, 4.69) is 10.6 Å². The van der Waals surface area contributed by atoms with Gasteiger partial charge in [0, 0.05) is 27.4 Å². The first kappa shape index (κ1) is 23.1. The summed E-state index contributed by atoms with van der Waals surface area (Å²) in [5.74, 6) is -0.835. The van der Waals surface area contributed by atoms with Crippen LogP contribution in [0.15, 0.2) is 77.7 Å². The van der Waals surface area contributed by atoms with Gasteiger partial charge in [-0.25, -0.2) is 0 Å². The Labute approximate surface area is 191 Å². The lowest BCUT2D eigenvalue weighted by atomic mass is 10.1. The van der Waals surface area contributed by atoms with Crippen molar-refractivity contribution >= 4 is 40.9 Å². The second kappa shape index (κ2) is 10.6. The first-order valence-electron chi connectivity index (χ1n) is 10.2. The van der Waals surface area contributed by atoms with Gasteiger partial charge in [-0.2, -0.15) is 0 Å². The maximum atomic E-state index is 12.8. The summed E-state index contributed by atoms with van der Waals surface area (Å²) in [6, 6.07) is 21.3. The minimum atomic E-state index is -0.515. The number of carbonyl (C=O) groups excluding carboxylic acids is 3. The van der Waals surface area contributed by atoms with Crippen molar-refractivity contribution in [3.8, 4) is 0 Å². The maximum Gasteiger partial charge on any atom is 0.255 e. The van der Waals surface area contributed by atoms with E-state index < -0.39 is 5.91 Å². The summed E-state index contributed by atoms with van der Waals surface area (Å²) in [7, 11) is 0. The molecule has 0 radical (unpaired) electrons. The topological polar surface area (TPSA) is 101 Å². The monoisotopic (exact) mass is 447 g/mol. The molecule has 0 bridgehead atoms. The molecule has 6 nitrogen and oxygen atoms in total. The molecule has 1 atom stereocenters. The number of hydrogen-bond acceptors (Lipinski definition) is 4. The summed E-state index contributed by atoms with van der Waals surface area (Å²) in [4.78, 5) is 37.3. The largest absolute Gasteiger partial charge is 0.366 e. The standard InChI is InChI=1S/C25H25N3O3S/c1-3-22(25(31)27-19-12-10-17(11-13-19)23(26)29)32-21-9-5-8-20(15-21)28-24(30)18-7-4-6-16(2)14-18/h4-15,22H,3H2,1-2H3,(H2,26,29)(H,27,31)(H,28,30). The van der Waals surface area contributed by atoms with Crippen molar-refractivity contribution < 1.29 is 14.4 Å². The van der Waals surface area contributed by atoms with E-state index in [1.165, 1.54) is 11.8 Å². The quantitative estimate of drug-likeness (QED) is 0.429. The Morgan fingerprint density at radius 1 is 0.875 bits per heavy atom. The van der Waals surface area contributed by atoms with Crippen LogP contribution in [0.5, 0.6) is 0 Å². The molecule has 4 N–H and O–H groups in total. The molecule has 0 saturated carbocycles. The Kier molecular flexibility index (Phi) is 7.68. The fourth-order valence-electron chi connectivity index (χ4n) is 3.06. The lowest BCUT2D eigenvalue weighted by Gasteiger charge is -2.15. The van der Waals surface area contributed by atoms with Gasteiger partial charge < -0.3 is 16.4 Å². The van der Waals surface area contributed by atoms with Crippen LogP contribution in [0.4, 0.5) is 11.4 Å². The second-order valence-corrected chi connectivity index (χ2v) is 8.57. The van der Waals surface area contributed by atoms with Gasteiger partial charge in [-0.05, 0) is 67.9 Å². The normalized spacial score (nSPS) is 11.4. The zero-order chi connectivity index (χ0) is 23.1. The minimum Gasteiger partial charge on any atom is -0.366 e. The molecule has 0 saturated heterocycles. The third-order valence-corrected chi connectivity index (χ3v) is 6.11. The van der Waals surface area contributed by atoms with E-state index in [-0.39, 0.29) is 17.1 Å². The second-order valence-electron chi connectivity index (χ2n) is 7.30. The van der Waals surface area contributed by atoms with Gasteiger partial charge in [0.2, 0.25) is 11.8 Å². The van der Waals surface area contributed by atoms with E-state index in [9.17, 15) is 14.4 Å². The fraction of sp³-hybridized carbons (Fsp3) is 0.160. The van der Waals surface area contributed by atoms with E-state index in [1.807, 2.05) is 56.3 Å². The van der Waals surface area contributed by atoms with Crippen LogP contribution in [-0.2, 0) is 4.79 Å². The van der Waals surface area contributed by atoms with Crippen molar-refractivity contribution in [3.05, 3.63) is 89.5 Å². The number of hydrogen-bond donors (Lipinski definition) is 3. The van der Waals surface area contributed by atoms with Gasteiger partial charge in [-0.15, -0.1) is 11.8 Å². The zero-order valence-corrected chi connectivity index (χ0v) is 18.7. The summed E-state index contributed by atoms with van der Waals surface area (Å²) in [5, 5.41) is 5.46. The number of nitrogens with two attached hydrogens (primary N) is 1. The summed E-state index contributed by atoms with van der Waals surface area (Å²) in [6.07, 6.45) is 0.621. The van der Waals surface area contributed by atoms with Crippen LogP contribution in [0, 0.1) is 6.92 Å². The molecule has 0 fully saturated rings. The molecule has 3 rings (SSSR count). The molecule has 164 valence electrons. The predicted molar refractivity (Wildman–Crippen MR) is 129 cm³/mol. The van der Waals surface area contributed by atoms with Crippen LogP contribution in [-0.4, -0.2) is 23.0 Å². The van der Waals surface area contributed by atoms with E-state index in [1.54, 1.807) is 30.3 Å². The fourth-order valence-corrected chi connectivity index (χ4v) is 4.08. The van der Waals surface area contributed by atoms with Crippen LogP contribution in [0.25, 0.3) is 0 Å². The first-order valence-corrected chi connectivity index (χ1v) is 11.1. The maximum absolute atomic E-state index is 12.8. The zero-order valence-electron chi connectivity index (χ0n) is 17.9. The molecule has 0 aromatic heterocycles. The Morgan fingerprint density at radius 2 is 1.59 bits per heavy atom. The Morgan fingerprint density at radius 3 is 2.25 bits per heavy atom. The van der Waals surface area contributed by atoms with Crippen LogP contribution in [0.3, 0.4) is 0 Å². The molecule has 0 aliphatic heterocycles. The third kappa shape index (κ3) is 6.21. The SMILES string of the molecule is CCC(Sc1cccc(NC(=O)c2cccc(C)c2)c1)C(=O)Nc1ccc(C(N)=O)cc1. The van der Waals surface area contributed by atoms with Gasteiger partial charge in [0.1, 0.15) is 0 Å². The summed E-state index contributed by atoms with van der Waals surface area (Å²) >= 11 is 1.43. The molecule has 0 aliphatic rings. The van der Waals surface area contributed by atoms with Crippen molar-refractivity contribution in [3.63, 3.8) is 0 Å². The molecule has 7 heteroatoms. The van der Waals surface area contributed by atoms with Crippen LogP contribution < -0.4 is 16.4 Å². The Bertz CT molecular complexity index is 1130. The number of carbonyl (C=O) groups is 3. The van der Waals surface area contributed by atoms with Crippen molar-refractivity contribution in [1.82, 2.24) is 0 Å². The van der Waals surface area contributed by atoms with Gasteiger partial charge >= 0.3 is 0 Å². The van der Waals surface area contributed by atoms with Gasteiger partial charge in [0.25, 0.3) is 5.91 Å². The van der Waals surface area contributed by atoms with Crippen LogP contribution >= 0.6 is 11.8 Å². The lowest BCUT2D eigenvalue weighted by molar-refractivity contribution is -0.115. The highest BCUT2D eigenvalue weighted by Gasteiger charge is 2.18. The Balaban J connectivity index is 1.65. The highest BCUT2D eigenvalue weighted by atomic mass is 32.2. The van der Waals surface area contributed by atoms with Gasteiger partial charge in [-0.3, -0.25) is 14.4 Å². The molecule has 1 unspecified atom stereocenters. The average molecular weight is 448 g/mol. The molecule has 3 aromatic rings. The number of rotatable bonds is 8. The summed E-state index contributed by atoms with van der Waals surface area (Å²) in [5.41, 5.74) is 8.50. The molecule has 3 amide bonds. The smallest absolute Gasteiger partial charge is 0.255 e. The summed E-state index contributed by atoms with van der Waals surface area (Å²) in [6.45, 7) is 3.88. The molecule has 0 spiro atoms. The van der Waals surface area contributed by atoms with Crippen molar-refractivity contribution in [1.29, 1.82) is 0 Å². The van der Waals surface area contributed by atoms with E-state index in [0.29, 0.717) is 28.9 Å². The average Bonchev–Trinajstić information content (AvgIpc) is 2.78. The van der Waals surface area contributed by atoms with E-state index in [0.717, 1.165) is 10.5 Å². The van der Waals surface area contributed by atoms with Gasteiger partial charge in [0.05, 0.1) is 5.25 Å². The van der Waals surface area contributed by atoms with Crippen molar-refractivity contribution in [2.45, 2.75) is 30.4 Å². The predicted octanol–water partition coefficient (Wildman–Crippen LogP) is 4.86. The molecule has 0 aliphatic carbocycles. The van der Waals surface area contributed by atoms with Crippen LogP contribution in [0.2, 0.25) is 0 Å². The Hall–Kier alpha value is -3.58. The molecular weight excluding hydrogens is 422 g/mol. The number of amides is 3. The number of primary amides is 1. The highest BCUT2D eigenvalue weighted by molar-refractivity contribution is 8.00. The van der Waals surface area contributed by atoms with Crippen molar-refractivity contribution in [2.75, 3.05) is 10.6 Å². The third-order valence-electron chi connectivity index (χ3n) is 4.75. The number of aryl methyl sites for hydroxylation is 1. The van der Waals surface area contributed by atoms with Crippen LogP contribution in [0.1, 0.15) is 39.6 Å². The van der Waals surface area contributed by atoms with Gasteiger partial charge in [0.15, 0.2) is 0 Å². The first-order chi connectivity index (χ1) is 15.4. The number of nitrogens with one attached hydrogen (secondary N) is 2. The molecular formula is C25H25N3O3S. The van der Waals surface area contributed by atoms with E-state index in [4.69, 9.17) is 5.73 Å². The minimum absolute atomic E-state index is 0.140. The van der Waals surface area contributed by atoms with Gasteiger partial charge in [-0.1, -0.05) is 30.7 Å². The summed E-state index contributed by atoms with van der Waals surface area (Å²) < 4.78 is 0. The highest BCUT2D eigenvalue weighted by Crippen LogP contribution is 2.29.